The normalized spacial score (nSPS) is 13.4. The Morgan fingerprint density at radius 2 is 2.00 bits per heavy atom. The van der Waals surface area contributed by atoms with Gasteiger partial charge in [0.05, 0.1) is 5.04 Å². The van der Waals surface area contributed by atoms with Gasteiger partial charge < -0.3 is 0 Å². The lowest BCUT2D eigenvalue weighted by Crippen LogP contribution is -2.09. The number of rotatable bonds is 1. The van der Waals surface area contributed by atoms with Gasteiger partial charge in [-0.15, -0.1) is 0 Å². The Balaban J connectivity index is 4.30. The molecule has 0 bridgehead atoms. The summed E-state index contributed by atoms with van der Waals surface area (Å²) in [6.07, 6.45) is -4.46. The monoisotopic (exact) mass is 184 g/mol. The fraction of sp³-hybridized carbons (Fsp3) is 0.400. The summed E-state index contributed by atoms with van der Waals surface area (Å²) in [4.78, 5) is 3.10. The number of alkyl halides is 3. The van der Waals surface area contributed by atoms with E-state index in [0.717, 1.165) is 0 Å². The Labute approximate surface area is 66.5 Å². The highest BCUT2D eigenvalue weighted by Gasteiger charge is 2.31. The quantitative estimate of drug-likeness (QED) is 0.385. The average Bonchev–Trinajstić information content (AvgIpc) is 1.85. The summed E-state index contributed by atoms with van der Waals surface area (Å²) in [5.74, 6) is 0. The second-order valence-corrected chi connectivity index (χ2v) is 2.52. The molecule has 0 atom stereocenters. The summed E-state index contributed by atoms with van der Waals surface area (Å²) in [5, 5.41) is 5.07. The fourth-order valence-electron chi connectivity index (χ4n) is 0.280. The number of halogens is 3. The van der Waals surface area contributed by atoms with Crippen molar-refractivity contribution < 1.29 is 13.2 Å². The Morgan fingerprint density at radius 1 is 1.55 bits per heavy atom. The summed E-state index contributed by atoms with van der Waals surface area (Å²) >= 11 is 0.658. The van der Waals surface area contributed by atoms with Gasteiger partial charge >= 0.3 is 6.18 Å². The maximum absolute atomic E-state index is 11.7. The summed E-state index contributed by atoms with van der Waals surface area (Å²) in [7, 11) is 0. The van der Waals surface area contributed by atoms with Crippen LogP contribution in [0.4, 0.5) is 13.2 Å². The Kier molecular flexibility index (Phi) is 3.61. The molecule has 0 amide bonds. The topological polar surface area (TPSA) is 38.4 Å². The maximum atomic E-state index is 11.7. The average molecular weight is 184 g/mol. The summed E-state index contributed by atoms with van der Waals surface area (Å²) in [5.41, 5.74) is -1.13. The van der Waals surface area contributed by atoms with Crippen LogP contribution in [0.3, 0.4) is 0 Å². The number of nitrogens with zero attached hydrogens (tertiary/aromatic N) is 1. The molecule has 0 aromatic carbocycles. The molecule has 0 saturated carbocycles. The Morgan fingerprint density at radius 3 is 2.27 bits per heavy atom. The molecule has 0 rings (SSSR count). The molecule has 0 aliphatic rings. The second-order valence-electron chi connectivity index (χ2n) is 1.69. The lowest BCUT2D eigenvalue weighted by atomic mass is 10.5. The predicted molar refractivity (Wildman–Crippen MR) is 40.1 cm³/mol. The van der Waals surface area contributed by atoms with Gasteiger partial charge in [0.15, 0.2) is 0 Å². The van der Waals surface area contributed by atoms with Crippen molar-refractivity contribution in [2.24, 2.45) is 10.1 Å². The van der Waals surface area contributed by atoms with Crippen LogP contribution in [-0.4, -0.2) is 11.2 Å². The van der Waals surface area contributed by atoms with E-state index in [1.165, 1.54) is 6.92 Å². The summed E-state index contributed by atoms with van der Waals surface area (Å²) in [6.45, 7) is 4.11. The van der Waals surface area contributed by atoms with E-state index in [2.05, 4.69) is 11.6 Å². The molecule has 64 valence electrons. The highest BCUT2D eigenvalue weighted by molar-refractivity contribution is 8.11. The van der Waals surface area contributed by atoms with Crippen molar-refractivity contribution in [2.75, 3.05) is 0 Å². The molecule has 11 heavy (non-hydrogen) atoms. The highest BCUT2D eigenvalue weighted by Crippen LogP contribution is 2.25. The molecule has 0 saturated heterocycles. The smallest absolute Gasteiger partial charge is 0.273 e. The van der Waals surface area contributed by atoms with Gasteiger partial charge in [-0.25, -0.2) is 4.99 Å². The summed E-state index contributed by atoms with van der Waals surface area (Å²) in [6, 6.07) is 0. The van der Waals surface area contributed by atoms with Gasteiger partial charge in [-0.05, 0) is 18.9 Å². The van der Waals surface area contributed by atoms with E-state index < -0.39 is 11.9 Å². The second kappa shape index (κ2) is 3.77. The van der Waals surface area contributed by atoms with Crippen LogP contribution >= 0.6 is 11.9 Å². The molecule has 0 aromatic heterocycles. The van der Waals surface area contributed by atoms with Gasteiger partial charge in [0.1, 0.15) is 5.70 Å². The number of hydrogen-bond acceptors (Lipinski definition) is 3. The molecule has 0 radical (unpaired) electrons. The third kappa shape index (κ3) is 4.05. The van der Waals surface area contributed by atoms with E-state index in [1.54, 1.807) is 0 Å². The van der Waals surface area contributed by atoms with E-state index in [4.69, 9.17) is 5.14 Å². The van der Waals surface area contributed by atoms with Gasteiger partial charge in [0.25, 0.3) is 0 Å². The van der Waals surface area contributed by atoms with Gasteiger partial charge in [0, 0.05) is 0 Å². The number of nitrogens with two attached hydrogens (primary N) is 1. The third-order valence-electron chi connectivity index (χ3n) is 0.790. The summed E-state index contributed by atoms with van der Waals surface area (Å²) < 4.78 is 35.1. The highest BCUT2D eigenvalue weighted by atomic mass is 32.2. The molecule has 0 aliphatic heterocycles. The third-order valence-corrected chi connectivity index (χ3v) is 1.22. The molecule has 0 aliphatic carbocycles. The van der Waals surface area contributed by atoms with Crippen molar-refractivity contribution in [2.45, 2.75) is 13.1 Å². The van der Waals surface area contributed by atoms with Crippen LogP contribution in [0.25, 0.3) is 0 Å². The molecule has 6 heteroatoms. The molecule has 0 heterocycles. The van der Waals surface area contributed by atoms with Crippen LogP contribution in [0.15, 0.2) is 17.3 Å². The molecule has 0 spiro atoms. The van der Waals surface area contributed by atoms with E-state index in [1.807, 2.05) is 0 Å². The number of aliphatic imine (C=N–C) groups is 1. The molecular weight excluding hydrogens is 177 g/mol. The van der Waals surface area contributed by atoms with Crippen LogP contribution in [0.5, 0.6) is 0 Å². The van der Waals surface area contributed by atoms with E-state index in [9.17, 15) is 13.2 Å². The van der Waals surface area contributed by atoms with E-state index in [0.29, 0.717) is 11.9 Å². The van der Waals surface area contributed by atoms with Crippen molar-refractivity contribution >= 4 is 17.0 Å². The lowest BCUT2D eigenvalue weighted by Gasteiger charge is -2.04. The van der Waals surface area contributed by atoms with Gasteiger partial charge in [0.2, 0.25) is 0 Å². The van der Waals surface area contributed by atoms with Crippen LogP contribution < -0.4 is 5.14 Å². The van der Waals surface area contributed by atoms with E-state index >= 15 is 0 Å². The minimum Gasteiger partial charge on any atom is -0.273 e. The first-order valence-corrected chi connectivity index (χ1v) is 3.44. The van der Waals surface area contributed by atoms with Crippen molar-refractivity contribution in [3.8, 4) is 0 Å². The van der Waals surface area contributed by atoms with Crippen LogP contribution in [0.2, 0.25) is 0 Å². The number of allylic oxidation sites excluding steroid dienone is 1. The van der Waals surface area contributed by atoms with Crippen LogP contribution in [0.1, 0.15) is 6.92 Å². The first-order valence-electron chi connectivity index (χ1n) is 2.56. The first-order chi connectivity index (χ1) is 4.88. The lowest BCUT2D eigenvalue weighted by molar-refractivity contribution is -0.0918. The molecule has 0 aromatic rings. The minimum atomic E-state index is -4.46. The first kappa shape index (κ1) is 10.5. The largest absolute Gasteiger partial charge is 0.432 e. The van der Waals surface area contributed by atoms with Crippen molar-refractivity contribution in [3.05, 3.63) is 12.3 Å². The van der Waals surface area contributed by atoms with Gasteiger partial charge in [-0.3, -0.25) is 5.14 Å². The van der Waals surface area contributed by atoms with Crippen LogP contribution in [-0.2, 0) is 0 Å². The van der Waals surface area contributed by atoms with Gasteiger partial charge in [-0.2, -0.15) is 13.2 Å². The van der Waals surface area contributed by atoms with Crippen molar-refractivity contribution in [1.29, 1.82) is 0 Å². The minimum absolute atomic E-state index is 0.132. The van der Waals surface area contributed by atoms with Gasteiger partial charge in [-0.1, -0.05) is 6.58 Å². The Bertz CT molecular complexity index is 185. The molecule has 0 fully saturated rings. The Hall–Kier alpha value is -0.490. The molecular formula is C5H7F3N2S. The zero-order valence-corrected chi connectivity index (χ0v) is 6.59. The maximum Gasteiger partial charge on any atom is 0.432 e. The SMILES string of the molecule is C=C(/N=C(/C)SN)C(F)(F)F. The molecule has 2 nitrogen and oxygen atoms in total. The molecule has 2 N–H and O–H groups in total. The van der Waals surface area contributed by atoms with E-state index in [-0.39, 0.29) is 5.04 Å². The number of hydrogen-bond donors (Lipinski definition) is 1. The van der Waals surface area contributed by atoms with Crippen molar-refractivity contribution in [1.82, 2.24) is 0 Å². The molecule has 0 unspecified atom stereocenters. The zero-order chi connectivity index (χ0) is 9.07. The fourth-order valence-corrected chi connectivity index (χ4v) is 0.443. The zero-order valence-electron chi connectivity index (χ0n) is 5.77. The predicted octanol–water partition coefficient (Wildman–Crippen LogP) is 2.09. The van der Waals surface area contributed by atoms with Crippen molar-refractivity contribution in [3.63, 3.8) is 0 Å². The standard InChI is InChI=1S/C5H7F3N2S/c1-3(5(6,7)8)10-4(2)11-9/h1,9H2,2H3/b10-4-. The van der Waals surface area contributed by atoms with Crippen LogP contribution in [0, 0.1) is 0 Å².